The Morgan fingerprint density at radius 2 is 0.711 bits per heavy atom. The van der Waals surface area contributed by atoms with Crippen LogP contribution in [0.5, 0.6) is 69.0 Å². The lowest BCUT2D eigenvalue weighted by molar-refractivity contribution is 0.449. The second kappa shape index (κ2) is 31.0. The van der Waals surface area contributed by atoms with Crippen LogP contribution in [0.2, 0.25) is 10.0 Å². The third kappa shape index (κ3) is 22.9. The van der Waals surface area contributed by atoms with E-state index in [1.165, 1.54) is 54.6 Å². The van der Waals surface area contributed by atoms with Gasteiger partial charge < -0.3 is 78.5 Å². The van der Waals surface area contributed by atoms with E-state index in [0.717, 1.165) is 37.9 Å². The standard InChI is InChI=1S/C10H8O2.C9H12O2.2C7H9NO.C7H8O2.C6H5Cl2NO.C6H6O2.C6H6OS/c11-9-3-1-7-5-10(12)4-2-8(7)6-9;1-5-4-8(10)6(2)7(3)9(5)11;1-5-4-6(9)2-3-7(5)8;2*1-5-4-6(8)2-3-7(5)9;7-3-2-6(10)4(8)1-5(3)9;7-5-1-2-6(8)4-3-5;7-5-1-3-6(8)4-2-5/h1-6,11-12H;4,10-11H,1-3H3;2*2-4,9H,8H2,1H3;2-4,8-9H,1H3;1-2,10H,9H2;2*1-4,7-8H. The van der Waals surface area contributed by atoms with E-state index in [9.17, 15) is 10.2 Å². The minimum absolute atomic E-state index is 0.0548. The Hall–Kier alpha value is -8.83. The SMILES string of the molecule is Cc1cc(N)ccc1O.Cc1cc(O)c(C)c(C)c1O.Cc1cc(O)ccc1N.Cc1cc(O)ccc1O.Nc1cc(Cl)c(O)cc1Cl.Oc1ccc(O)cc1.Oc1ccc(S)cc1.Oc1ccc2cc(O)ccc2c1. The van der Waals surface area contributed by atoms with Crippen LogP contribution >= 0.6 is 35.8 Å². The molecule has 0 aliphatic heterocycles. The Bertz CT molecular complexity index is 2950. The van der Waals surface area contributed by atoms with Crippen LogP contribution in [0.3, 0.4) is 0 Å². The molecule has 0 amide bonds. The smallest absolute Gasteiger partial charge is 0.135 e. The molecule has 0 saturated carbocycles. The summed E-state index contributed by atoms with van der Waals surface area (Å²) in [5.41, 5.74) is 22.6. The maximum absolute atomic E-state index is 9.40. The summed E-state index contributed by atoms with van der Waals surface area (Å²) in [6.45, 7) is 10.7. The lowest BCUT2D eigenvalue weighted by Crippen LogP contribution is -1.86. The van der Waals surface area contributed by atoms with Crippen LogP contribution < -0.4 is 17.2 Å². The molecule has 18 N–H and O–H groups in total. The van der Waals surface area contributed by atoms with E-state index in [1.54, 1.807) is 131 Å². The first-order chi connectivity index (χ1) is 35.6. The number of phenols is 12. The maximum Gasteiger partial charge on any atom is 0.135 e. The first-order valence-electron chi connectivity index (χ1n) is 22.5. The third-order valence-electron chi connectivity index (χ3n) is 10.3. The predicted molar refractivity (Wildman–Crippen MR) is 308 cm³/mol. The summed E-state index contributed by atoms with van der Waals surface area (Å²) in [6, 6.07) is 41.0. The van der Waals surface area contributed by atoms with Crippen LogP contribution in [0.15, 0.2) is 163 Å². The van der Waals surface area contributed by atoms with Crippen LogP contribution in [0.25, 0.3) is 10.8 Å². The van der Waals surface area contributed by atoms with Gasteiger partial charge in [-0.3, -0.25) is 0 Å². The van der Waals surface area contributed by atoms with E-state index in [2.05, 4.69) is 12.6 Å². The number of halogens is 2. The lowest BCUT2D eigenvalue weighted by Gasteiger charge is -2.07. The van der Waals surface area contributed by atoms with E-state index in [0.29, 0.717) is 39.0 Å². The van der Waals surface area contributed by atoms with Crippen molar-refractivity contribution in [3.8, 4) is 69.0 Å². The number of hydrogen-bond acceptors (Lipinski definition) is 16. The fourth-order valence-corrected chi connectivity index (χ4v) is 6.18. The summed E-state index contributed by atoms with van der Waals surface area (Å²) in [6.07, 6.45) is 0. The molecule has 18 heteroatoms. The Morgan fingerprint density at radius 3 is 1.11 bits per heavy atom. The van der Waals surface area contributed by atoms with E-state index >= 15 is 0 Å². The Labute approximate surface area is 456 Å². The van der Waals surface area contributed by atoms with Gasteiger partial charge in [-0.05, 0) is 225 Å². The van der Waals surface area contributed by atoms with Gasteiger partial charge in [0.25, 0.3) is 0 Å². The van der Waals surface area contributed by atoms with Gasteiger partial charge in [-0.25, -0.2) is 0 Å². The topological polar surface area (TPSA) is 321 Å². The molecule has 402 valence electrons. The zero-order valence-electron chi connectivity index (χ0n) is 42.3. The van der Waals surface area contributed by atoms with Gasteiger partial charge in [-0.15, -0.1) is 12.6 Å². The van der Waals surface area contributed by atoms with Gasteiger partial charge in [0.15, 0.2) is 0 Å². The van der Waals surface area contributed by atoms with Crippen LogP contribution in [0, 0.1) is 41.5 Å². The number of aromatic hydroxyl groups is 12. The van der Waals surface area contributed by atoms with Crippen LogP contribution in [-0.2, 0) is 0 Å². The van der Waals surface area contributed by atoms with Gasteiger partial charge in [0.1, 0.15) is 69.0 Å². The quantitative estimate of drug-likeness (QED) is 0.0381. The zero-order valence-corrected chi connectivity index (χ0v) is 44.7. The van der Waals surface area contributed by atoms with Gasteiger partial charge in [-0.1, -0.05) is 35.3 Å². The van der Waals surface area contributed by atoms with Gasteiger partial charge >= 0.3 is 0 Å². The number of hydrogen-bond donors (Lipinski definition) is 16. The largest absolute Gasteiger partial charge is 0.508 e. The highest BCUT2D eigenvalue weighted by Crippen LogP contribution is 2.32. The first-order valence-corrected chi connectivity index (χ1v) is 23.7. The number of thiol groups is 1. The van der Waals surface area contributed by atoms with Crippen molar-refractivity contribution in [3.05, 3.63) is 201 Å². The molecule has 0 bridgehead atoms. The van der Waals surface area contributed by atoms with Gasteiger partial charge in [0.2, 0.25) is 0 Å². The molecule has 0 atom stereocenters. The normalized spacial score (nSPS) is 9.64. The highest BCUT2D eigenvalue weighted by Gasteiger charge is 2.07. The number of phenolic OH excluding ortho intramolecular Hbond substituents is 12. The first kappa shape index (κ1) is 63.3. The molecule has 0 fully saturated rings. The number of anilines is 3. The molecule has 0 spiro atoms. The zero-order chi connectivity index (χ0) is 57.4. The summed E-state index contributed by atoms with van der Waals surface area (Å²) in [7, 11) is 0. The molecular weight excluding hydrogens is 1030 g/mol. The van der Waals surface area contributed by atoms with Gasteiger partial charge in [0, 0.05) is 22.3 Å². The highest BCUT2D eigenvalue weighted by atomic mass is 35.5. The van der Waals surface area contributed by atoms with Crippen molar-refractivity contribution in [3.63, 3.8) is 0 Å². The monoisotopic (exact) mass is 1100 g/mol. The minimum Gasteiger partial charge on any atom is -0.508 e. The van der Waals surface area contributed by atoms with Crippen LogP contribution in [-0.4, -0.2) is 61.3 Å². The molecule has 9 rings (SSSR count). The van der Waals surface area contributed by atoms with E-state index in [1.807, 2.05) is 13.8 Å². The van der Waals surface area contributed by atoms with Crippen molar-refractivity contribution >= 4 is 63.7 Å². The third-order valence-corrected chi connectivity index (χ3v) is 11.2. The maximum atomic E-state index is 9.40. The Morgan fingerprint density at radius 1 is 0.316 bits per heavy atom. The summed E-state index contributed by atoms with van der Waals surface area (Å²) >= 11 is 15.1. The molecular formula is C58H63Cl2N3O12S. The second-order valence-corrected chi connectivity index (χ2v) is 17.8. The molecule has 0 aliphatic carbocycles. The molecule has 0 aromatic heterocycles. The van der Waals surface area contributed by atoms with E-state index in [-0.39, 0.29) is 68.3 Å². The number of rotatable bonds is 0. The van der Waals surface area contributed by atoms with Crippen LogP contribution in [0.4, 0.5) is 17.1 Å². The Kier molecular flexibility index (Phi) is 25.8. The number of nitrogens with two attached hydrogens (primary N) is 3. The predicted octanol–water partition coefficient (Wildman–Crippen LogP) is 13.3. The van der Waals surface area contributed by atoms with Crippen molar-refractivity contribution < 1.29 is 61.3 Å². The van der Waals surface area contributed by atoms with Crippen LogP contribution in [0.1, 0.15) is 33.4 Å². The molecule has 9 aromatic rings. The lowest BCUT2D eigenvalue weighted by atomic mass is 10.0. The highest BCUT2D eigenvalue weighted by molar-refractivity contribution is 7.80. The van der Waals surface area contributed by atoms with Crippen molar-refractivity contribution in [2.75, 3.05) is 17.2 Å². The number of benzene rings is 9. The fraction of sp³-hybridized carbons (Fsp3) is 0.103. The molecule has 15 nitrogen and oxygen atoms in total. The van der Waals surface area contributed by atoms with Crippen molar-refractivity contribution in [2.45, 2.75) is 46.4 Å². The van der Waals surface area contributed by atoms with E-state index < -0.39 is 0 Å². The van der Waals surface area contributed by atoms with E-state index in [4.69, 9.17) is 91.5 Å². The average Bonchev–Trinajstić information content (AvgIpc) is 3.37. The average molecular weight is 1100 g/mol. The number of aryl methyl sites for hydroxylation is 4. The molecule has 0 heterocycles. The number of nitrogen functional groups attached to an aromatic ring is 3. The summed E-state index contributed by atoms with van der Waals surface area (Å²) in [5.74, 6) is 2.54. The molecule has 76 heavy (non-hydrogen) atoms. The number of fused-ring (bicyclic) bond motifs is 1. The van der Waals surface area contributed by atoms with Crippen molar-refractivity contribution in [2.24, 2.45) is 0 Å². The second-order valence-electron chi connectivity index (χ2n) is 16.4. The molecule has 0 saturated heterocycles. The molecule has 0 unspecified atom stereocenters. The van der Waals surface area contributed by atoms with Crippen molar-refractivity contribution in [1.82, 2.24) is 0 Å². The van der Waals surface area contributed by atoms with Gasteiger partial charge in [-0.2, -0.15) is 0 Å². The summed E-state index contributed by atoms with van der Waals surface area (Å²) < 4.78 is 0. The summed E-state index contributed by atoms with van der Waals surface area (Å²) in [4.78, 5) is 0.864. The molecule has 0 aliphatic rings. The summed E-state index contributed by atoms with van der Waals surface area (Å²) in [5, 5.41) is 110. The molecule has 9 aromatic carbocycles. The molecule has 0 radical (unpaired) electrons. The van der Waals surface area contributed by atoms with Crippen molar-refractivity contribution in [1.29, 1.82) is 0 Å². The van der Waals surface area contributed by atoms with Gasteiger partial charge in [0.05, 0.1) is 15.7 Å². The minimum atomic E-state index is -0.0548. The fourth-order valence-electron chi connectivity index (χ4n) is 5.70. The Balaban J connectivity index is 0.000000298.